The Morgan fingerprint density at radius 2 is 2.00 bits per heavy atom. The van der Waals surface area contributed by atoms with Crippen LogP contribution >= 0.6 is 0 Å². The number of aryl methyl sites for hydroxylation is 1. The molecule has 3 nitrogen and oxygen atoms in total. The van der Waals surface area contributed by atoms with Crippen LogP contribution in [0.2, 0.25) is 0 Å². The molecule has 0 atom stereocenters. The fraction of sp³-hybridized carbons (Fsp3) is 0.250. The first-order chi connectivity index (χ1) is 7.09. The molecular formula is C12H14N2O. The van der Waals surface area contributed by atoms with Crippen LogP contribution in [-0.2, 0) is 7.05 Å². The second-order valence-electron chi connectivity index (χ2n) is 3.90. The Morgan fingerprint density at radius 3 is 2.67 bits per heavy atom. The van der Waals surface area contributed by atoms with Gasteiger partial charge in [0, 0.05) is 43.8 Å². The maximum Gasteiger partial charge on any atom is 0.253 e. The summed E-state index contributed by atoms with van der Waals surface area (Å²) in [6.45, 7) is 0. The summed E-state index contributed by atoms with van der Waals surface area (Å²) < 4.78 is 2.04. The van der Waals surface area contributed by atoms with Crippen LogP contribution in [0.25, 0.3) is 10.9 Å². The highest BCUT2D eigenvalue weighted by atomic mass is 16.2. The van der Waals surface area contributed by atoms with Gasteiger partial charge in [-0.15, -0.1) is 0 Å². The molecule has 0 bridgehead atoms. The summed E-state index contributed by atoms with van der Waals surface area (Å²) in [6, 6.07) is 7.79. The highest BCUT2D eigenvalue weighted by Crippen LogP contribution is 2.17. The second-order valence-corrected chi connectivity index (χ2v) is 3.90. The van der Waals surface area contributed by atoms with Crippen molar-refractivity contribution in [1.29, 1.82) is 0 Å². The Kier molecular flexibility index (Phi) is 2.23. The lowest BCUT2D eigenvalue weighted by molar-refractivity contribution is 0.0828. The molecule has 2 rings (SSSR count). The average Bonchev–Trinajstić information content (AvgIpc) is 2.59. The van der Waals surface area contributed by atoms with Crippen molar-refractivity contribution in [3.05, 3.63) is 36.0 Å². The predicted octanol–water partition coefficient (Wildman–Crippen LogP) is 1.88. The Hall–Kier alpha value is -1.77. The van der Waals surface area contributed by atoms with E-state index in [2.05, 4.69) is 0 Å². The van der Waals surface area contributed by atoms with Crippen molar-refractivity contribution in [2.45, 2.75) is 0 Å². The van der Waals surface area contributed by atoms with Crippen LogP contribution in [0.4, 0.5) is 0 Å². The zero-order valence-electron chi connectivity index (χ0n) is 9.19. The van der Waals surface area contributed by atoms with E-state index in [1.807, 2.05) is 42.1 Å². The lowest BCUT2D eigenvalue weighted by Crippen LogP contribution is -2.21. The summed E-state index contributed by atoms with van der Waals surface area (Å²) in [5.74, 6) is 0.0424. The highest BCUT2D eigenvalue weighted by molar-refractivity contribution is 5.97. The topological polar surface area (TPSA) is 25.2 Å². The number of carbonyl (C=O) groups excluding carboxylic acids is 1. The lowest BCUT2D eigenvalue weighted by atomic mass is 10.1. The monoisotopic (exact) mass is 202 g/mol. The highest BCUT2D eigenvalue weighted by Gasteiger charge is 2.08. The minimum absolute atomic E-state index is 0.0424. The molecule has 1 aromatic heterocycles. The Balaban J connectivity index is 2.52. The second kappa shape index (κ2) is 3.42. The van der Waals surface area contributed by atoms with E-state index in [4.69, 9.17) is 0 Å². The third-order valence-corrected chi connectivity index (χ3v) is 2.54. The summed E-state index contributed by atoms with van der Waals surface area (Å²) >= 11 is 0. The fourth-order valence-corrected chi connectivity index (χ4v) is 1.67. The third kappa shape index (κ3) is 1.61. The van der Waals surface area contributed by atoms with Crippen LogP contribution in [0.3, 0.4) is 0 Å². The number of benzene rings is 1. The van der Waals surface area contributed by atoms with Crippen molar-refractivity contribution in [3.63, 3.8) is 0 Å². The van der Waals surface area contributed by atoms with E-state index in [1.165, 1.54) is 0 Å². The van der Waals surface area contributed by atoms with Gasteiger partial charge in [0.15, 0.2) is 0 Å². The van der Waals surface area contributed by atoms with Gasteiger partial charge in [0.05, 0.1) is 0 Å². The first-order valence-corrected chi connectivity index (χ1v) is 4.86. The molecule has 0 saturated heterocycles. The van der Waals surface area contributed by atoms with Gasteiger partial charge in [-0.1, -0.05) is 0 Å². The van der Waals surface area contributed by atoms with Crippen molar-refractivity contribution in [3.8, 4) is 0 Å². The Morgan fingerprint density at radius 1 is 1.27 bits per heavy atom. The SMILES string of the molecule is CN(C)C(=O)c1ccc2c(ccn2C)c1. The lowest BCUT2D eigenvalue weighted by Gasteiger charge is -2.10. The molecule has 1 amide bonds. The van der Waals surface area contributed by atoms with Gasteiger partial charge >= 0.3 is 0 Å². The molecule has 0 aliphatic carbocycles. The minimum Gasteiger partial charge on any atom is -0.351 e. The van der Waals surface area contributed by atoms with Gasteiger partial charge in [0.1, 0.15) is 0 Å². The molecule has 0 fully saturated rings. The number of amides is 1. The first kappa shape index (κ1) is 9.77. The molecule has 0 aliphatic heterocycles. The molecule has 2 aromatic rings. The van der Waals surface area contributed by atoms with Crippen molar-refractivity contribution in [2.24, 2.45) is 7.05 Å². The number of nitrogens with zero attached hydrogens (tertiary/aromatic N) is 2. The largest absolute Gasteiger partial charge is 0.351 e. The molecule has 15 heavy (non-hydrogen) atoms. The molecule has 0 N–H and O–H groups in total. The minimum atomic E-state index is 0.0424. The summed E-state index contributed by atoms with van der Waals surface area (Å²) in [6.07, 6.45) is 1.99. The van der Waals surface area contributed by atoms with Crippen molar-refractivity contribution >= 4 is 16.8 Å². The zero-order chi connectivity index (χ0) is 11.0. The van der Waals surface area contributed by atoms with E-state index in [-0.39, 0.29) is 5.91 Å². The molecule has 1 aromatic carbocycles. The smallest absolute Gasteiger partial charge is 0.253 e. The number of rotatable bonds is 1. The van der Waals surface area contributed by atoms with Gasteiger partial charge in [-0.3, -0.25) is 4.79 Å². The molecule has 78 valence electrons. The fourth-order valence-electron chi connectivity index (χ4n) is 1.67. The van der Waals surface area contributed by atoms with Gasteiger partial charge in [0.2, 0.25) is 0 Å². The third-order valence-electron chi connectivity index (χ3n) is 2.54. The zero-order valence-corrected chi connectivity index (χ0v) is 9.19. The van der Waals surface area contributed by atoms with Gasteiger partial charge in [0.25, 0.3) is 5.91 Å². The Bertz CT molecular complexity index is 511. The summed E-state index contributed by atoms with van der Waals surface area (Å²) in [4.78, 5) is 13.3. The van der Waals surface area contributed by atoms with Gasteiger partial charge < -0.3 is 9.47 Å². The summed E-state index contributed by atoms with van der Waals surface area (Å²) in [7, 11) is 5.52. The molecule has 0 spiro atoms. The number of carbonyl (C=O) groups is 1. The van der Waals surface area contributed by atoms with Crippen molar-refractivity contribution in [2.75, 3.05) is 14.1 Å². The normalized spacial score (nSPS) is 10.6. The van der Waals surface area contributed by atoms with E-state index in [9.17, 15) is 4.79 Å². The first-order valence-electron chi connectivity index (χ1n) is 4.86. The maximum absolute atomic E-state index is 11.7. The quantitative estimate of drug-likeness (QED) is 0.693. The molecule has 0 unspecified atom stereocenters. The van der Waals surface area contributed by atoms with Gasteiger partial charge in [-0.2, -0.15) is 0 Å². The molecule has 0 aliphatic rings. The molecular weight excluding hydrogens is 188 g/mol. The van der Waals surface area contributed by atoms with Crippen molar-refractivity contribution in [1.82, 2.24) is 9.47 Å². The Labute approximate surface area is 88.9 Å². The standard InChI is InChI=1S/C12H14N2O/c1-13(2)12(15)10-4-5-11-9(8-10)6-7-14(11)3/h4-8H,1-3H3. The number of hydrogen-bond donors (Lipinski definition) is 0. The van der Waals surface area contributed by atoms with Crippen LogP contribution in [-0.4, -0.2) is 29.5 Å². The van der Waals surface area contributed by atoms with E-state index in [0.29, 0.717) is 0 Å². The van der Waals surface area contributed by atoms with Crippen LogP contribution < -0.4 is 0 Å². The van der Waals surface area contributed by atoms with E-state index in [1.54, 1.807) is 19.0 Å². The molecule has 0 saturated carbocycles. The maximum atomic E-state index is 11.7. The number of hydrogen-bond acceptors (Lipinski definition) is 1. The van der Waals surface area contributed by atoms with E-state index in [0.717, 1.165) is 16.5 Å². The van der Waals surface area contributed by atoms with Gasteiger partial charge in [-0.05, 0) is 24.3 Å². The van der Waals surface area contributed by atoms with Crippen LogP contribution in [0.5, 0.6) is 0 Å². The van der Waals surface area contributed by atoms with Gasteiger partial charge in [-0.25, -0.2) is 0 Å². The van der Waals surface area contributed by atoms with Crippen molar-refractivity contribution < 1.29 is 4.79 Å². The van der Waals surface area contributed by atoms with Crippen LogP contribution in [0, 0.1) is 0 Å². The predicted molar refractivity (Wildman–Crippen MR) is 60.9 cm³/mol. The summed E-state index contributed by atoms with van der Waals surface area (Å²) in [5, 5.41) is 1.10. The van der Waals surface area contributed by atoms with Crippen LogP contribution in [0.1, 0.15) is 10.4 Å². The molecule has 1 heterocycles. The van der Waals surface area contributed by atoms with Crippen LogP contribution in [0.15, 0.2) is 30.5 Å². The average molecular weight is 202 g/mol. The summed E-state index contributed by atoms with van der Waals surface area (Å²) in [5.41, 5.74) is 1.88. The number of fused-ring (bicyclic) bond motifs is 1. The molecule has 3 heteroatoms. The van der Waals surface area contributed by atoms with E-state index >= 15 is 0 Å². The molecule has 0 radical (unpaired) electrons. The van der Waals surface area contributed by atoms with E-state index < -0.39 is 0 Å². The number of aromatic nitrogens is 1.